The molecule has 0 amide bonds. The monoisotopic (exact) mass is 200 g/mol. The molecular weight excluding hydrogens is 172 g/mol. The van der Waals surface area contributed by atoms with Crippen molar-refractivity contribution in [3.63, 3.8) is 0 Å². The third kappa shape index (κ3) is 2.73. The summed E-state index contributed by atoms with van der Waals surface area (Å²) in [6.07, 6.45) is 4.13. The predicted octanol–water partition coefficient (Wildman–Crippen LogP) is 4.00. The molecule has 0 saturated carbocycles. The Morgan fingerprint density at radius 1 is 1.00 bits per heavy atom. The van der Waals surface area contributed by atoms with Crippen molar-refractivity contribution in [2.75, 3.05) is 0 Å². The van der Waals surface area contributed by atoms with Gasteiger partial charge in [-0.3, -0.25) is 0 Å². The van der Waals surface area contributed by atoms with E-state index in [1.807, 2.05) is 0 Å². The van der Waals surface area contributed by atoms with E-state index in [1.165, 1.54) is 0 Å². The van der Waals surface area contributed by atoms with Crippen LogP contribution in [0.15, 0.2) is 0 Å². The lowest BCUT2D eigenvalue weighted by atomic mass is 9.65. The maximum Gasteiger partial charge on any atom is 0.0723 e. The molecule has 0 spiro atoms. The van der Waals surface area contributed by atoms with Crippen molar-refractivity contribution >= 4 is 0 Å². The zero-order valence-corrected chi connectivity index (χ0v) is 10.9. The molecule has 1 unspecified atom stereocenters. The second-order valence-electron chi connectivity index (χ2n) is 5.44. The standard InChI is InChI=1S/C13H28O/c1-7-10-13(14,12(4,5)6)11(8-2)9-3/h11,14H,7-10H2,1-6H3. The van der Waals surface area contributed by atoms with Gasteiger partial charge in [-0.2, -0.15) is 0 Å². The lowest BCUT2D eigenvalue weighted by Gasteiger charge is -2.46. The van der Waals surface area contributed by atoms with Crippen LogP contribution in [-0.2, 0) is 0 Å². The van der Waals surface area contributed by atoms with E-state index in [1.54, 1.807) is 0 Å². The van der Waals surface area contributed by atoms with E-state index in [0.717, 1.165) is 25.7 Å². The highest BCUT2D eigenvalue weighted by molar-refractivity contribution is 4.94. The van der Waals surface area contributed by atoms with E-state index in [9.17, 15) is 5.11 Å². The Kier molecular flexibility index (Phi) is 5.14. The van der Waals surface area contributed by atoms with Crippen molar-refractivity contribution in [3.8, 4) is 0 Å². The summed E-state index contributed by atoms with van der Waals surface area (Å²) in [6.45, 7) is 13.0. The highest BCUT2D eigenvalue weighted by Crippen LogP contribution is 2.42. The van der Waals surface area contributed by atoms with Gasteiger partial charge in [-0.15, -0.1) is 0 Å². The molecule has 0 rings (SSSR count). The van der Waals surface area contributed by atoms with E-state index in [4.69, 9.17) is 0 Å². The van der Waals surface area contributed by atoms with Gasteiger partial charge in [0.1, 0.15) is 0 Å². The zero-order valence-electron chi connectivity index (χ0n) is 10.9. The predicted molar refractivity (Wildman–Crippen MR) is 63.4 cm³/mol. The lowest BCUT2D eigenvalue weighted by Crippen LogP contribution is -2.49. The molecule has 86 valence electrons. The number of hydrogen-bond donors (Lipinski definition) is 1. The zero-order chi connectivity index (χ0) is 11.4. The van der Waals surface area contributed by atoms with E-state index in [-0.39, 0.29) is 5.41 Å². The first-order chi connectivity index (χ1) is 6.33. The van der Waals surface area contributed by atoms with Crippen molar-refractivity contribution < 1.29 is 5.11 Å². The normalized spacial score (nSPS) is 17.1. The van der Waals surface area contributed by atoms with Crippen LogP contribution < -0.4 is 0 Å². The number of aliphatic hydroxyl groups is 1. The largest absolute Gasteiger partial charge is 0.389 e. The Bertz CT molecular complexity index is 153. The van der Waals surface area contributed by atoms with Gasteiger partial charge in [0.2, 0.25) is 0 Å². The summed E-state index contributed by atoms with van der Waals surface area (Å²) in [7, 11) is 0. The first-order valence-electron chi connectivity index (χ1n) is 6.05. The molecule has 0 aromatic heterocycles. The fourth-order valence-electron chi connectivity index (χ4n) is 2.54. The smallest absolute Gasteiger partial charge is 0.0723 e. The Labute approximate surface area is 89.9 Å². The van der Waals surface area contributed by atoms with E-state index < -0.39 is 5.60 Å². The molecule has 1 N–H and O–H groups in total. The SMILES string of the molecule is CCCC(O)(C(CC)CC)C(C)(C)C. The minimum absolute atomic E-state index is 0.0142. The minimum atomic E-state index is -0.495. The van der Waals surface area contributed by atoms with Crippen molar-refractivity contribution in [3.05, 3.63) is 0 Å². The Morgan fingerprint density at radius 2 is 1.43 bits per heavy atom. The van der Waals surface area contributed by atoms with Crippen LogP contribution >= 0.6 is 0 Å². The summed E-state index contributed by atoms with van der Waals surface area (Å²) >= 11 is 0. The van der Waals surface area contributed by atoms with Crippen LogP contribution in [0.25, 0.3) is 0 Å². The molecule has 1 nitrogen and oxygen atoms in total. The maximum atomic E-state index is 10.8. The van der Waals surface area contributed by atoms with Gasteiger partial charge in [0, 0.05) is 0 Å². The quantitative estimate of drug-likeness (QED) is 0.711. The molecule has 0 fully saturated rings. The molecule has 0 aliphatic heterocycles. The third-order valence-electron chi connectivity index (χ3n) is 3.59. The van der Waals surface area contributed by atoms with Crippen LogP contribution in [0.3, 0.4) is 0 Å². The highest BCUT2D eigenvalue weighted by Gasteiger charge is 2.43. The molecule has 0 heterocycles. The molecule has 14 heavy (non-hydrogen) atoms. The van der Waals surface area contributed by atoms with Gasteiger partial charge in [-0.05, 0) is 17.8 Å². The Morgan fingerprint density at radius 3 is 1.64 bits per heavy atom. The molecule has 0 aromatic rings. The molecule has 0 saturated heterocycles. The van der Waals surface area contributed by atoms with Crippen LogP contribution in [0.4, 0.5) is 0 Å². The Balaban J connectivity index is 4.87. The molecule has 0 aromatic carbocycles. The summed E-state index contributed by atoms with van der Waals surface area (Å²) in [4.78, 5) is 0. The maximum absolute atomic E-state index is 10.8. The average molecular weight is 200 g/mol. The fourth-order valence-corrected chi connectivity index (χ4v) is 2.54. The number of rotatable bonds is 5. The summed E-state index contributed by atoms with van der Waals surface area (Å²) in [5.41, 5.74) is -0.509. The van der Waals surface area contributed by atoms with Gasteiger partial charge in [-0.1, -0.05) is 60.8 Å². The second kappa shape index (κ2) is 5.16. The third-order valence-corrected chi connectivity index (χ3v) is 3.59. The van der Waals surface area contributed by atoms with Gasteiger partial charge >= 0.3 is 0 Å². The van der Waals surface area contributed by atoms with E-state index >= 15 is 0 Å². The van der Waals surface area contributed by atoms with Gasteiger partial charge < -0.3 is 5.11 Å². The fraction of sp³-hybridized carbons (Fsp3) is 1.00. The van der Waals surface area contributed by atoms with Crippen LogP contribution in [0.2, 0.25) is 0 Å². The van der Waals surface area contributed by atoms with Crippen molar-refractivity contribution in [1.82, 2.24) is 0 Å². The van der Waals surface area contributed by atoms with E-state index in [2.05, 4.69) is 41.5 Å². The van der Waals surface area contributed by atoms with Gasteiger partial charge in [0.15, 0.2) is 0 Å². The van der Waals surface area contributed by atoms with Crippen LogP contribution in [0.5, 0.6) is 0 Å². The molecular formula is C13H28O. The van der Waals surface area contributed by atoms with E-state index in [0.29, 0.717) is 5.92 Å². The molecule has 0 radical (unpaired) electrons. The number of hydrogen-bond acceptors (Lipinski definition) is 1. The van der Waals surface area contributed by atoms with Crippen LogP contribution in [0.1, 0.15) is 67.2 Å². The van der Waals surface area contributed by atoms with Gasteiger partial charge in [0.05, 0.1) is 5.60 Å². The van der Waals surface area contributed by atoms with Crippen molar-refractivity contribution in [2.24, 2.45) is 11.3 Å². The van der Waals surface area contributed by atoms with Crippen LogP contribution in [-0.4, -0.2) is 10.7 Å². The topological polar surface area (TPSA) is 20.2 Å². The second-order valence-corrected chi connectivity index (χ2v) is 5.44. The first-order valence-corrected chi connectivity index (χ1v) is 6.05. The van der Waals surface area contributed by atoms with Crippen molar-refractivity contribution in [2.45, 2.75) is 72.8 Å². The Hall–Kier alpha value is -0.0400. The van der Waals surface area contributed by atoms with Gasteiger partial charge in [0.25, 0.3) is 0 Å². The summed E-state index contributed by atoms with van der Waals surface area (Å²) in [5.74, 6) is 0.433. The minimum Gasteiger partial charge on any atom is -0.389 e. The molecule has 0 aliphatic rings. The molecule has 1 atom stereocenters. The highest BCUT2D eigenvalue weighted by atomic mass is 16.3. The summed E-state index contributed by atoms with van der Waals surface area (Å²) < 4.78 is 0. The molecule has 0 bridgehead atoms. The lowest BCUT2D eigenvalue weighted by molar-refractivity contribution is -0.113. The molecule has 1 heteroatoms. The van der Waals surface area contributed by atoms with Gasteiger partial charge in [-0.25, -0.2) is 0 Å². The molecule has 0 aliphatic carbocycles. The summed E-state index contributed by atoms with van der Waals surface area (Å²) in [5, 5.41) is 10.8. The summed E-state index contributed by atoms with van der Waals surface area (Å²) in [6, 6.07) is 0. The van der Waals surface area contributed by atoms with Crippen LogP contribution in [0, 0.1) is 11.3 Å². The first kappa shape index (κ1) is 14.0. The average Bonchev–Trinajstić information content (AvgIpc) is 2.04. The van der Waals surface area contributed by atoms with Crippen molar-refractivity contribution in [1.29, 1.82) is 0 Å².